The third kappa shape index (κ3) is 9.76. The molecular weight excluding hydrogens is 380 g/mol. The van der Waals surface area contributed by atoms with E-state index in [2.05, 4.69) is 19.2 Å². The second kappa shape index (κ2) is 15.3. The number of ether oxygens (including phenoxy) is 4. The Kier molecular flexibility index (Phi) is 13.0. The van der Waals surface area contributed by atoms with Crippen molar-refractivity contribution in [2.45, 2.75) is 34.1 Å². The average Bonchev–Trinajstić information content (AvgIpc) is 2.75. The molecule has 1 aromatic carbocycles. The Bertz CT molecular complexity index is 752. The van der Waals surface area contributed by atoms with E-state index in [9.17, 15) is 0 Å². The molecule has 0 aliphatic heterocycles. The van der Waals surface area contributed by atoms with Crippen LogP contribution in [0.25, 0.3) is 0 Å². The molecular formula is C24H36N2O4. The Morgan fingerprint density at radius 1 is 1.03 bits per heavy atom. The third-order valence-corrected chi connectivity index (χ3v) is 4.35. The average molecular weight is 417 g/mol. The van der Waals surface area contributed by atoms with E-state index in [1.807, 2.05) is 56.4 Å². The molecule has 1 N–H and O–H groups in total. The summed E-state index contributed by atoms with van der Waals surface area (Å²) in [5, 5.41) is 3.37. The van der Waals surface area contributed by atoms with Crippen molar-refractivity contribution in [2.75, 3.05) is 46.0 Å². The maximum absolute atomic E-state index is 5.86. The van der Waals surface area contributed by atoms with Gasteiger partial charge in [-0.25, -0.2) is 4.99 Å². The van der Waals surface area contributed by atoms with Crippen molar-refractivity contribution in [1.29, 1.82) is 0 Å². The van der Waals surface area contributed by atoms with Crippen molar-refractivity contribution < 1.29 is 18.9 Å². The fourth-order valence-electron chi connectivity index (χ4n) is 2.37. The minimum absolute atomic E-state index is 0.420. The zero-order valence-corrected chi connectivity index (χ0v) is 19.2. The molecule has 0 aliphatic rings. The lowest BCUT2D eigenvalue weighted by molar-refractivity contribution is 0.0540. The SMILES string of the molecule is C/C=C/C=C\C(=N\C(C)=C(/C)CC)Nc1ccc(OC)c(OCCOCCOC)c1. The number of aliphatic imine (C=N–C) groups is 1. The second-order valence-electron chi connectivity index (χ2n) is 6.55. The van der Waals surface area contributed by atoms with Crippen LogP contribution in [0.5, 0.6) is 11.5 Å². The summed E-state index contributed by atoms with van der Waals surface area (Å²) in [5.41, 5.74) is 3.11. The summed E-state index contributed by atoms with van der Waals surface area (Å²) in [6, 6.07) is 5.71. The molecule has 0 fully saturated rings. The Balaban J connectivity index is 2.97. The van der Waals surface area contributed by atoms with Crippen molar-refractivity contribution in [3.05, 3.63) is 53.8 Å². The van der Waals surface area contributed by atoms with Crippen LogP contribution in [0.1, 0.15) is 34.1 Å². The van der Waals surface area contributed by atoms with E-state index in [0.717, 1.165) is 23.6 Å². The lowest BCUT2D eigenvalue weighted by Crippen LogP contribution is -2.12. The molecule has 30 heavy (non-hydrogen) atoms. The summed E-state index contributed by atoms with van der Waals surface area (Å²) in [4.78, 5) is 4.75. The number of hydrogen-bond acceptors (Lipinski definition) is 5. The lowest BCUT2D eigenvalue weighted by Gasteiger charge is -2.14. The topological polar surface area (TPSA) is 61.3 Å². The van der Waals surface area contributed by atoms with Crippen LogP contribution in [0.2, 0.25) is 0 Å². The highest BCUT2D eigenvalue weighted by Crippen LogP contribution is 2.30. The van der Waals surface area contributed by atoms with Crippen LogP contribution < -0.4 is 14.8 Å². The smallest absolute Gasteiger partial charge is 0.163 e. The number of benzene rings is 1. The summed E-state index contributed by atoms with van der Waals surface area (Å²) in [6.45, 7) is 10.2. The van der Waals surface area contributed by atoms with Gasteiger partial charge in [0.05, 0.1) is 26.9 Å². The molecule has 6 heteroatoms. The highest BCUT2D eigenvalue weighted by Gasteiger charge is 2.07. The van der Waals surface area contributed by atoms with Crippen molar-refractivity contribution in [1.82, 2.24) is 0 Å². The quantitative estimate of drug-likeness (QED) is 0.202. The number of anilines is 1. The molecule has 0 saturated heterocycles. The molecule has 0 aromatic heterocycles. The molecule has 1 rings (SSSR count). The molecule has 0 radical (unpaired) electrons. The Hall–Kier alpha value is -2.57. The molecule has 6 nitrogen and oxygen atoms in total. The number of nitrogens with zero attached hydrogens (tertiary/aromatic N) is 1. The normalized spacial score (nSPS) is 13.1. The van der Waals surface area contributed by atoms with Crippen LogP contribution in [-0.2, 0) is 9.47 Å². The van der Waals surface area contributed by atoms with E-state index in [0.29, 0.717) is 37.9 Å². The predicted molar refractivity (Wildman–Crippen MR) is 125 cm³/mol. The fraction of sp³-hybridized carbons (Fsp3) is 0.458. The van der Waals surface area contributed by atoms with Crippen molar-refractivity contribution in [3.63, 3.8) is 0 Å². The first-order chi connectivity index (χ1) is 14.5. The largest absolute Gasteiger partial charge is 0.493 e. The highest BCUT2D eigenvalue weighted by atomic mass is 16.5. The summed E-state index contributed by atoms with van der Waals surface area (Å²) in [7, 11) is 3.27. The molecule has 0 bridgehead atoms. The standard InChI is InChI=1S/C24H36N2O4/c1-7-9-10-11-24(25-20(4)19(3)8-2)26-21-12-13-22(28-6)23(18-21)30-17-16-29-15-14-27-5/h7,9-13,18H,8,14-17H2,1-6H3,(H,25,26)/b9-7+,11-10-,20-19+. The van der Waals surface area contributed by atoms with Crippen LogP contribution in [0, 0.1) is 0 Å². The number of amidine groups is 1. The molecule has 0 saturated carbocycles. The van der Waals surface area contributed by atoms with Gasteiger partial charge in [-0.2, -0.15) is 0 Å². The van der Waals surface area contributed by atoms with E-state index in [-0.39, 0.29) is 0 Å². The van der Waals surface area contributed by atoms with Crippen LogP contribution in [0.15, 0.2) is 58.8 Å². The molecule has 0 heterocycles. The molecule has 166 valence electrons. The van der Waals surface area contributed by atoms with Crippen molar-refractivity contribution in [2.24, 2.45) is 4.99 Å². The molecule has 0 amide bonds. The number of nitrogens with one attached hydrogen (secondary N) is 1. The van der Waals surface area contributed by atoms with Gasteiger partial charge in [0.2, 0.25) is 0 Å². The van der Waals surface area contributed by atoms with Gasteiger partial charge < -0.3 is 24.3 Å². The van der Waals surface area contributed by atoms with Crippen LogP contribution in [0.4, 0.5) is 5.69 Å². The van der Waals surface area contributed by atoms with Gasteiger partial charge >= 0.3 is 0 Å². The van der Waals surface area contributed by atoms with Crippen molar-refractivity contribution >= 4 is 11.5 Å². The fourth-order valence-corrected chi connectivity index (χ4v) is 2.37. The van der Waals surface area contributed by atoms with E-state index in [4.69, 9.17) is 23.9 Å². The van der Waals surface area contributed by atoms with Gasteiger partial charge in [-0.15, -0.1) is 0 Å². The zero-order valence-electron chi connectivity index (χ0n) is 19.2. The molecule has 0 spiro atoms. The number of hydrogen-bond donors (Lipinski definition) is 1. The second-order valence-corrected chi connectivity index (χ2v) is 6.55. The maximum atomic E-state index is 5.86. The van der Waals surface area contributed by atoms with Gasteiger partial charge in [0.25, 0.3) is 0 Å². The van der Waals surface area contributed by atoms with Crippen molar-refractivity contribution in [3.8, 4) is 11.5 Å². The number of rotatable bonds is 13. The monoisotopic (exact) mass is 416 g/mol. The summed E-state index contributed by atoms with van der Waals surface area (Å²) in [6.07, 6.45) is 8.81. The van der Waals surface area contributed by atoms with Gasteiger partial charge in [-0.3, -0.25) is 0 Å². The highest BCUT2D eigenvalue weighted by molar-refractivity contribution is 6.04. The lowest BCUT2D eigenvalue weighted by atomic mass is 10.2. The summed E-state index contributed by atoms with van der Waals surface area (Å²) >= 11 is 0. The van der Waals surface area contributed by atoms with Crippen LogP contribution >= 0.6 is 0 Å². The van der Waals surface area contributed by atoms with Gasteiger partial charge in [-0.05, 0) is 45.4 Å². The minimum Gasteiger partial charge on any atom is -0.493 e. The maximum Gasteiger partial charge on any atom is 0.163 e. The van der Waals surface area contributed by atoms with E-state index in [1.165, 1.54) is 5.57 Å². The Labute approximate surface area is 181 Å². The number of methoxy groups -OCH3 is 2. The van der Waals surface area contributed by atoms with Gasteiger partial charge in [0, 0.05) is 24.6 Å². The van der Waals surface area contributed by atoms with E-state index >= 15 is 0 Å². The zero-order chi connectivity index (χ0) is 22.2. The third-order valence-electron chi connectivity index (χ3n) is 4.35. The Morgan fingerprint density at radius 2 is 1.80 bits per heavy atom. The molecule has 0 atom stereocenters. The number of allylic oxidation sites excluding steroid dienone is 5. The first-order valence-electron chi connectivity index (χ1n) is 10.2. The summed E-state index contributed by atoms with van der Waals surface area (Å²) in [5.74, 6) is 2.06. The van der Waals surface area contributed by atoms with Gasteiger partial charge in [-0.1, -0.05) is 30.7 Å². The molecule has 0 unspecified atom stereocenters. The minimum atomic E-state index is 0.420. The first kappa shape index (κ1) is 25.5. The van der Waals surface area contributed by atoms with Crippen LogP contribution in [-0.4, -0.2) is 46.5 Å². The van der Waals surface area contributed by atoms with E-state index < -0.39 is 0 Å². The Morgan fingerprint density at radius 3 is 2.47 bits per heavy atom. The molecule has 1 aromatic rings. The predicted octanol–water partition coefficient (Wildman–Crippen LogP) is 5.38. The van der Waals surface area contributed by atoms with E-state index in [1.54, 1.807) is 14.2 Å². The molecule has 0 aliphatic carbocycles. The summed E-state index contributed by atoms with van der Waals surface area (Å²) < 4.78 is 21.7. The van der Waals surface area contributed by atoms with Gasteiger partial charge in [0.1, 0.15) is 12.4 Å². The first-order valence-corrected chi connectivity index (χ1v) is 10.2. The van der Waals surface area contributed by atoms with Gasteiger partial charge in [0.15, 0.2) is 11.5 Å². The van der Waals surface area contributed by atoms with Crippen LogP contribution in [0.3, 0.4) is 0 Å².